The quantitative estimate of drug-likeness (QED) is 0.723. The van der Waals surface area contributed by atoms with E-state index in [1.165, 1.54) is 0 Å². The number of pyridine rings is 1. The van der Waals surface area contributed by atoms with Gasteiger partial charge in [-0.25, -0.2) is 4.98 Å². The predicted octanol–water partition coefficient (Wildman–Crippen LogP) is 0.435. The van der Waals surface area contributed by atoms with Crippen molar-refractivity contribution in [2.45, 2.75) is 6.92 Å². The molecule has 4 nitrogen and oxygen atoms in total. The normalized spacial score (nSPS) is 16.5. The van der Waals surface area contributed by atoms with Gasteiger partial charge in [0.1, 0.15) is 5.69 Å². The van der Waals surface area contributed by atoms with E-state index in [0.717, 1.165) is 31.9 Å². The van der Waals surface area contributed by atoms with Crippen LogP contribution in [-0.2, 0) is 0 Å². The molecule has 2 heterocycles. The van der Waals surface area contributed by atoms with Gasteiger partial charge >= 0.3 is 0 Å². The molecule has 0 aliphatic carbocycles. The number of aryl methyl sites for hydroxylation is 1. The van der Waals surface area contributed by atoms with E-state index in [1.54, 1.807) is 6.07 Å². The summed E-state index contributed by atoms with van der Waals surface area (Å²) in [6, 6.07) is 5.55. The lowest BCUT2D eigenvalue weighted by molar-refractivity contribution is 0.0729. The van der Waals surface area contributed by atoms with Gasteiger partial charge in [0.15, 0.2) is 0 Å². The molecule has 0 unspecified atom stereocenters. The van der Waals surface area contributed by atoms with Crippen LogP contribution >= 0.6 is 0 Å². The lowest BCUT2D eigenvalue weighted by Gasteiger charge is -2.27. The summed E-state index contributed by atoms with van der Waals surface area (Å²) in [4.78, 5) is 18.1. The van der Waals surface area contributed by atoms with Crippen molar-refractivity contribution in [2.75, 3.05) is 26.2 Å². The number of carbonyl (C=O) groups is 1. The second-order valence-corrected chi connectivity index (χ2v) is 3.71. The van der Waals surface area contributed by atoms with Crippen LogP contribution in [0.25, 0.3) is 0 Å². The topological polar surface area (TPSA) is 45.2 Å². The molecule has 1 aromatic rings. The van der Waals surface area contributed by atoms with Gasteiger partial charge in [-0.05, 0) is 19.1 Å². The third-order valence-corrected chi connectivity index (χ3v) is 2.51. The zero-order valence-corrected chi connectivity index (χ0v) is 8.86. The fraction of sp³-hybridized carbons (Fsp3) is 0.455. The summed E-state index contributed by atoms with van der Waals surface area (Å²) < 4.78 is 0. The number of carbonyl (C=O) groups excluding carboxylic acids is 1. The highest BCUT2D eigenvalue weighted by Gasteiger charge is 2.18. The maximum atomic E-state index is 12.0. The predicted molar refractivity (Wildman–Crippen MR) is 57.7 cm³/mol. The van der Waals surface area contributed by atoms with Crippen LogP contribution in [0.2, 0.25) is 0 Å². The van der Waals surface area contributed by atoms with E-state index in [2.05, 4.69) is 10.3 Å². The van der Waals surface area contributed by atoms with E-state index < -0.39 is 0 Å². The Labute approximate surface area is 89.3 Å². The van der Waals surface area contributed by atoms with Crippen LogP contribution < -0.4 is 5.32 Å². The van der Waals surface area contributed by atoms with Crippen molar-refractivity contribution in [1.82, 2.24) is 15.2 Å². The minimum Gasteiger partial charge on any atom is -0.335 e. The van der Waals surface area contributed by atoms with Crippen LogP contribution in [0.1, 0.15) is 16.2 Å². The molecule has 1 amide bonds. The van der Waals surface area contributed by atoms with Crippen LogP contribution in [0, 0.1) is 6.92 Å². The third kappa shape index (κ3) is 2.33. The average Bonchev–Trinajstić information content (AvgIpc) is 2.29. The van der Waals surface area contributed by atoms with Crippen molar-refractivity contribution in [3.05, 3.63) is 29.6 Å². The highest BCUT2D eigenvalue weighted by Crippen LogP contribution is 2.04. The number of nitrogens with one attached hydrogen (secondary N) is 1. The van der Waals surface area contributed by atoms with Crippen molar-refractivity contribution >= 4 is 5.91 Å². The van der Waals surface area contributed by atoms with E-state index in [9.17, 15) is 4.79 Å². The molecule has 80 valence electrons. The van der Waals surface area contributed by atoms with Crippen LogP contribution in [-0.4, -0.2) is 42.0 Å². The number of hydrogen-bond donors (Lipinski definition) is 1. The van der Waals surface area contributed by atoms with E-state index in [4.69, 9.17) is 0 Å². The first-order valence-corrected chi connectivity index (χ1v) is 5.21. The van der Waals surface area contributed by atoms with Crippen LogP contribution in [0.15, 0.2) is 18.2 Å². The summed E-state index contributed by atoms with van der Waals surface area (Å²) in [5.41, 5.74) is 1.44. The Morgan fingerprint density at radius 2 is 2.13 bits per heavy atom. The Balaban J connectivity index is 2.12. The fourth-order valence-corrected chi connectivity index (χ4v) is 1.69. The monoisotopic (exact) mass is 205 g/mol. The molecule has 0 bridgehead atoms. The Morgan fingerprint density at radius 3 is 2.80 bits per heavy atom. The summed E-state index contributed by atoms with van der Waals surface area (Å²) in [6.45, 7) is 5.19. The van der Waals surface area contributed by atoms with Crippen molar-refractivity contribution < 1.29 is 4.79 Å². The second kappa shape index (κ2) is 4.40. The van der Waals surface area contributed by atoms with Crippen molar-refractivity contribution in [3.63, 3.8) is 0 Å². The number of piperazine rings is 1. The molecule has 2 rings (SSSR count). The number of aromatic nitrogens is 1. The van der Waals surface area contributed by atoms with Gasteiger partial charge in [-0.15, -0.1) is 0 Å². The lowest BCUT2D eigenvalue weighted by Crippen LogP contribution is -2.46. The van der Waals surface area contributed by atoms with Gasteiger partial charge in [-0.1, -0.05) is 6.07 Å². The van der Waals surface area contributed by atoms with Crippen molar-refractivity contribution in [3.8, 4) is 0 Å². The summed E-state index contributed by atoms with van der Waals surface area (Å²) in [5, 5.41) is 3.22. The van der Waals surface area contributed by atoms with E-state index in [0.29, 0.717) is 5.69 Å². The summed E-state index contributed by atoms with van der Waals surface area (Å²) in [5.74, 6) is 0.0419. The van der Waals surface area contributed by atoms with Crippen LogP contribution in [0.3, 0.4) is 0 Å². The highest BCUT2D eigenvalue weighted by molar-refractivity contribution is 5.92. The highest BCUT2D eigenvalue weighted by atomic mass is 16.2. The van der Waals surface area contributed by atoms with Crippen molar-refractivity contribution in [1.29, 1.82) is 0 Å². The van der Waals surface area contributed by atoms with Gasteiger partial charge in [-0.2, -0.15) is 0 Å². The van der Waals surface area contributed by atoms with E-state index >= 15 is 0 Å². The van der Waals surface area contributed by atoms with Crippen molar-refractivity contribution in [2.24, 2.45) is 0 Å². The molecule has 1 fully saturated rings. The molecular formula is C11H15N3O. The smallest absolute Gasteiger partial charge is 0.272 e. The summed E-state index contributed by atoms with van der Waals surface area (Å²) in [6.07, 6.45) is 0. The molecule has 0 radical (unpaired) electrons. The molecular weight excluding hydrogens is 190 g/mol. The minimum absolute atomic E-state index is 0.0419. The van der Waals surface area contributed by atoms with Gasteiger partial charge in [0.25, 0.3) is 5.91 Å². The Bertz CT molecular complexity index is 359. The first-order valence-electron chi connectivity index (χ1n) is 5.21. The molecule has 1 aromatic heterocycles. The van der Waals surface area contributed by atoms with Gasteiger partial charge in [0.2, 0.25) is 0 Å². The number of hydrogen-bond acceptors (Lipinski definition) is 3. The Kier molecular flexibility index (Phi) is 2.97. The summed E-state index contributed by atoms with van der Waals surface area (Å²) in [7, 11) is 0. The molecule has 15 heavy (non-hydrogen) atoms. The standard InChI is InChI=1S/C11H15N3O/c1-9-3-2-4-10(13-9)11(15)14-7-5-12-6-8-14/h2-4,12H,5-8H2,1H3. The number of amides is 1. The molecule has 0 spiro atoms. The molecule has 4 heteroatoms. The molecule has 0 atom stereocenters. The SMILES string of the molecule is Cc1cccc(C(=O)N2CCNCC2)n1. The largest absolute Gasteiger partial charge is 0.335 e. The van der Waals surface area contributed by atoms with Crippen LogP contribution in [0.5, 0.6) is 0 Å². The molecule has 0 aromatic carbocycles. The third-order valence-electron chi connectivity index (χ3n) is 2.51. The van der Waals surface area contributed by atoms with Crippen LogP contribution in [0.4, 0.5) is 0 Å². The maximum Gasteiger partial charge on any atom is 0.272 e. The fourth-order valence-electron chi connectivity index (χ4n) is 1.69. The zero-order chi connectivity index (χ0) is 10.7. The van der Waals surface area contributed by atoms with E-state index in [-0.39, 0.29) is 5.91 Å². The van der Waals surface area contributed by atoms with Gasteiger partial charge in [0, 0.05) is 31.9 Å². The molecule has 1 aliphatic heterocycles. The first kappa shape index (κ1) is 10.1. The average molecular weight is 205 g/mol. The Morgan fingerprint density at radius 1 is 1.40 bits per heavy atom. The molecule has 1 saturated heterocycles. The summed E-state index contributed by atoms with van der Waals surface area (Å²) >= 11 is 0. The first-order chi connectivity index (χ1) is 7.27. The number of rotatable bonds is 1. The number of nitrogens with zero attached hydrogens (tertiary/aromatic N) is 2. The molecule has 1 aliphatic rings. The lowest BCUT2D eigenvalue weighted by atomic mass is 10.2. The van der Waals surface area contributed by atoms with E-state index in [1.807, 2.05) is 24.0 Å². The molecule has 0 saturated carbocycles. The van der Waals surface area contributed by atoms with Gasteiger partial charge < -0.3 is 10.2 Å². The maximum absolute atomic E-state index is 12.0. The van der Waals surface area contributed by atoms with Gasteiger partial charge in [0.05, 0.1) is 0 Å². The zero-order valence-electron chi connectivity index (χ0n) is 8.86. The molecule has 1 N–H and O–H groups in total. The Hall–Kier alpha value is -1.42. The minimum atomic E-state index is 0.0419. The van der Waals surface area contributed by atoms with Gasteiger partial charge in [-0.3, -0.25) is 4.79 Å². The second-order valence-electron chi connectivity index (χ2n) is 3.71.